The third-order valence-corrected chi connectivity index (χ3v) is 0.879. The van der Waals surface area contributed by atoms with E-state index in [1.165, 1.54) is 0 Å². The fourth-order valence-corrected chi connectivity index (χ4v) is 0.215. The number of nitrogens with two attached hydrogens (primary N) is 2. The van der Waals surface area contributed by atoms with Crippen molar-refractivity contribution in [3.05, 3.63) is 12.7 Å². The first kappa shape index (κ1) is 6.66. The van der Waals surface area contributed by atoms with E-state index in [-0.39, 0.29) is 12.1 Å². The average Bonchev–Trinajstić information content (AvgIpc) is 1.65. The summed E-state index contributed by atoms with van der Waals surface area (Å²) in [6.45, 7) is 5.33. The average molecular weight is 100 g/mol. The monoisotopic (exact) mass is 100 g/mol. The van der Waals surface area contributed by atoms with E-state index >= 15 is 0 Å². The highest BCUT2D eigenvalue weighted by atomic mass is 14.7. The summed E-state index contributed by atoms with van der Waals surface area (Å²) < 4.78 is 0. The van der Waals surface area contributed by atoms with Crippen LogP contribution >= 0.6 is 0 Å². The Morgan fingerprint density at radius 1 is 1.57 bits per heavy atom. The van der Waals surface area contributed by atoms with Gasteiger partial charge in [-0.3, -0.25) is 0 Å². The van der Waals surface area contributed by atoms with Gasteiger partial charge in [0.05, 0.1) is 0 Å². The van der Waals surface area contributed by atoms with E-state index in [0.29, 0.717) is 0 Å². The zero-order valence-electron chi connectivity index (χ0n) is 4.59. The van der Waals surface area contributed by atoms with Gasteiger partial charge in [-0.05, 0) is 6.92 Å². The second-order valence-corrected chi connectivity index (χ2v) is 1.67. The molecule has 42 valence electrons. The van der Waals surface area contributed by atoms with Gasteiger partial charge in [-0.15, -0.1) is 6.58 Å². The summed E-state index contributed by atoms with van der Waals surface area (Å²) in [5.74, 6) is 0. The van der Waals surface area contributed by atoms with Gasteiger partial charge in [-0.25, -0.2) is 0 Å². The van der Waals surface area contributed by atoms with Crippen molar-refractivity contribution in [2.24, 2.45) is 11.5 Å². The highest BCUT2D eigenvalue weighted by Crippen LogP contribution is 1.82. The van der Waals surface area contributed by atoms with Crippen molar-refractivity contribution in [3.8, 4) is 0 Å². The standard InChI is InChI=1S/C5H12N2/c1-3-5(7)4(2)6/h3-5H,1,6-7H2,2H3/t4-,5+/m0/s1. The van der Waals surface area contributed by atoms with Crippen LogP contribution < -0.4 is 11.5 Å². The Morgan fingerprint density at radius 2 is 2.00 bits per heavy atom. The molecule has 0 aliphatic rings. The fourth-order valence-electron chi connectivity index (χ4n) is 0.215. The Balaban J connectivity index is 3.33. The zero-order valence-corrected chi connectivity index (χ0v) is 4.59. The quantitative estimate of drug-likeness (QED) is 0.474. The summed E-state index contributed by atoms with van der Waals surface area (Å²) >= 11 is 0. The molecule has 0 aliphatic carbocycles. The Kier molecular flexibility index (Phi) is 2.64. The third kappa shape index (κ3) is 2.37. The van der Waals surface area contributed by atoms with Gasteiger partial charge in [0, 0.05) is 12.1 Å². The first-order chi connectivity index (χ1) is 3.18. The van der Waals surface area contributed by atoms with Gasteiger partial charge in [0.1, 0.15) is 0 Å². The van der Waals surface area contributed by atoms with Crippen LogP contribution in [0.1, 0.15) is 6.92 Å². The Bertz CT molecular complexity index is 59.1. The van der Waals surface area contributed by atoms with Crippen molar-refractivity contribution in [1.29, 1.82) is 0 Å². The number of rotatable bonds is 2. The Morgan fingerprint density at radius 3 is 2.00 bits per heavy atom. The molecule has 0 spiro atoms. The van der Waals surface area contributed by atoms with Gasteiger partial charge in [-0.2, -0.15) is 0 Å². The largest absolute Gasteiger partial charge is 0.326 e. The summed E-state index contributed by atoms with van der Waals surface area (Å²) in [4.78, 5) is 0. The molecule has 4 N–H and O–H groups in total. The zero-order chi connectivity index (χ0) is 5.86. The van der Waals surface area contributed by atoms with E-state index in [2.05, 4.69) is 6.58 Å². The van der Waals surface area contributed by atoms with Crippen LogP contribution in [0.25, 0.3) is 0 Å². The molecule has 2 atom stereocenters. The van der Waals surface area contributed by atoms with Crippen LogP contribution in [0.4, 0.5) is 0 Å². The summed E-state index contributed by atoms with van der Waals surface area (Å²) in [5, 5.41) is 0. The van der Waals surface area contributed by atoms with Crippen LogP contribution in [0.5, 0.6) is 0 Å². The van der Waals surface area contributed by atoms with E-state index in [1.807, 2.05) is 6.92 Å². The molecule has 0 radical (unpaired) electrons. The SMILES string of the molecule is C=C[C@@H](N)[C@H](C)N. The highest BCUT2D eigenvalue weighted by molar-refractivity contribution is 4.87. The molecule has 0 saturated heterocycles. The molecule has 2 heteroatoms. The van der Waals surface area contributed by atoms with Gasteiger partial charge in [0.2, 0.25) is 0 Å². The van der Waals surface area contributed by atoms with E-state index in [1.54, 1.807) is 6.08 Å². The topological polar surface area (TPSA) is 52.0 Å². The molecule has 0 aromatic heterocycles. The Labute approximate surface area is 44.2 Å². The minimum absolute atomic E-state index is 0.0255. The van der Waals surface area contributed by atoms with Crippen LogP contribution in [0.2, 0.25) is 0 Å². The van der Waals surface area contributed by atoms with Crippen LogP contribution in [-0.4, -0.2) is 12.1 Å². The molecule has 2 nitrogen and oxygen atoms in total. The second-order valence-electron chi connectivity index (χ2n) is 1.67. The molecular weight excluding hydrogens is 88.1 g/mol. The molecule has 0 heterocycles. The summed E-state index contributed by atoms with van der Waals surface area (Å²) in [6, 6.07) is -0.0301. The first-order valence-corrected chi connectivity index (χ1v) is 2.32. The van der Waals surface area contributed by atoms with Crippen LogP contribution in [0.15, 0.2) is 12.7 Å². The molecule has 0 rings (SSSR count). The Hall–Kier alpha value is -0.340. The second kappa shape index (κ2) is 2.77. The van der Waals surface area contributed by atoms with Crippen LogP contribution in [0, 0.1) is 0 Å². The lowest BCUT2D eigenvalue weighted by Crippen LogP contribution is -2.36. The van der Waals surface area contributed by atoms with Gasteiger partial charge in [0.15, 0.2) is 0 Å². The molecular formula is C5H12N2. The summed E-state index contributed by atoms with van der Waals surface area (Å²) in [7, 11) is 0. The van der Waals surface area contributed by atoms with Crippen molar-refractivity contribution in [1.82, 2.24) is 0 Å². The van der Waals surface area contributed by atoms with Crippen LogP contribution in [0.3, 0.4) is 0 Å². The molecule has 0 saturated carbocycles. The van der Waals surface area contributed by atoms with Gasteiger partial charge in [-0.1, -0.05) is 6.08 Å². The summed E-state index contributed by atoms with van der Waals surface area (Å²) in [5.41, 5.74) is 10.7. The van der Waals surface area contributed by atoms with Crippen molar-refractivity contribution < 1.29 is 0 Å². The maximum Gasteiger partial charge on any atom is 0.0372 e. The van der Waals surface area contributed by atoms with Crippen molar-refractivity contribution >= 4 is 0 Å². The van der Waals surface area contributed by atoms with Crippen molar-refractivity contribution in [3.63, 3.8) is 0 Å². The van der Waals surface area contributed by atoms with Crippen molar-refractivity contribution in [2.75, 3.05) is 0 Å². The maximum atomic E-state index is 5.37. The van der Waals surface area contributed by atoms with E-state index in [0.717, 1.165) is 0 Å². The smallest absolute Gasteiger partial charge is 0.0372 e. The third-order valence-electron chi connectivity index (χ3n) is 0.879. The van der Waals surface area contributed by atoms with Gasteiger partial charge >= 0.3 is 0 Å². The predicted molar refractivity (Wildman–Crippen MR) is 31.8 cm³/mol. The normalized spacial score (nSPS) is 18.1. The molecule has 0 amide bonds. The van der Waals surface area contributed by atoms with Crippen molar-refractivity contribution in [2.45, 2.75) is 19.0 Å². The van der Waals surface area contributed by atoms with Gasteiger partial charge < -0.3 is 11.5 Å². The molecule has 0 fully saturated rings. The first-order valence-electron chi connectivity index (χ1n) is 2.32. The van der Waals surface area contributed by atoms with E-state index in [4.69, 9.17) is 11.5 Å². The summed E-state index contributed by atoms with van der Waals surface area (Å²) in [6.07, 6.45) is 1.64. The minimum Gasteiger partial charge on any atom is -0.326 e. The predicted octanol–water partition coefficient (Wildman–Crippen LogP) is -0.153. The molecule has 0 aromatic rings. The molecule has 0 unspecified atom stereocenters. The van der Waals surface area contributed by atoms with E-state index < -0.39 is 0 Å². The van der Waals surface area contributed by atoms with Crippen LogP contribution in [-0.2, 0) is 0 Å². The highest BCUT2D eigenvalue weighted by Gasteiger charge is 1.99. The molecule has 0 bridgehead atoms. The number of hydrogen-bond donors (Lipinski definition) is 2. The number of hydrogen-bond acceptors (Lipinski definition) is 2. The lowest BCUT2D eigenvalue weighted by atomic mass is 10.2. The lowest BCUT2D eigenvalue weighted by Gasteiger charge is -2.07. The van der Waals surface area contributed by atoms with E-state index in [9.17, 15) is 0 Å². The molecule has 0 aromatic carbocycles. The fraction of sp³-hybridized carbons (Fsp3) is 0.600. The minimum atomic E-state index is -0.0556. The lowest BCUT2D eigenvalue weighted by molar-refractivity contribution is 0.652. The molecule has 0 aliphatic heterocycles. The van der Waals surface area contributed by atoms with Gasteiger partial charge in [0.25, 0.3) is 0 Å². The molecule has 7 heavy (non-hydrogen) atoms. The maximum absolute atomic E-state index is 5.37.